The lowest BCUT2D eigenvalue weighted by molar-refractivity contribution is 0.102. The maximum Gasteiger partial charge on any atom is 0.324 e. The van der Waals surface area contributed by atoms with E-state index >= 15 is 0 Å². The highest BCUT2D eigenvalue weighted by atomic mass is 16.3. The van der Waals surface area contributed by atoms with Crippen LogP contribution >= 0.6 is 0 Å². The highest BCUT2D eigenvalue weighted by molar-refractivity contribution is 6.05. The summed E-state index contributed by atoms with van der Waals surface area (Å²) in [4.78, 5) is 29.5. The van der Waals surface area contributed by atoms with Gasteiger partial charge in [0.05, 0.1) is 6.10 Å². The van der Waals surface area contributed by atoms with E-state index in [1.165, 1.54) is 0 Å². The molecule has 1 heterocycles. The molecule has 0 bridgehead atoms. The van der Waals surface area contributed by atoms with Crippen molar-refractivity contribution >= 4 is 23.3 Å². The van der Waals surface area contributed by atoms with E-state index < -0.39 is 6.10 Å². The van der Waals surface area contributed by atoms with Crippen LogP contribution in [-0.2, 0) is 6.54 Å². The Morgan fingerprint density at radius 3 is 2.56 bits per heavy atom. The minimum Gasteiger partial charge on any atom is -0.389 e. The van der Waals surface area contributed by atoms with Gasteiger partial charge in [-0.25, -0.2) is 4.79 Å². The lowest BCUT2D eigenvalue weighted by atomic mass is 10.1. The molecule has 1 saturated heterocycles. The molecule has 3 amide bonds. The summed E-state index contributed by atoms with van der Waals surface area (Å²) >= 11 is 0. The number of anilines is 2. The molecular weight excluding hydrogens is 402 g/mol. The van der Waals surface area contributed by atoms with Gasteiger partial charge in [-0.2, -0.15) is 0 Å². The number of hydrogen-bond acceptors (Lipinski definition) is 3. The zero-order chi connectivity index (χ0) is 22.5. The summed E-state index contributed by atoms with van der Waals surface area (Å²) in [6.45, 7) is 3.58. The first kappa shape index (κ1) is 21.6. The Morgan fingerprint density at radius 1 is 1.00 bits per heavy atom. The largest absolute Gasteiger partial charge is 0.389 e. The first-order valence-corrected chi connectivity index (χ1v) is 10.8. The molecule has 0 saturated carbocycles. The van der Waals surface area contributed by atoms with E-state index in [-0.39, 0.29) is 11.9 Å². The molecule has 164 valence electrons. The van der Waals surface area contributed by atoms with Gasteiger partial charge < -0.3 is 15.3 Å². The second-order valence-corrected chi connectivity index (χ2v) is 8.00. The number of urea groups is 1. The Morgan fingerprint density at radius 2 is 1.78 bits per heavy atom. The summed E-state index contributed by atoms with van der Waals surface area (Å²) in [5.41, 5.74) is 3.61. The third-order valence-electron chi connectivity index (χ3n) is 5.57. The third-order valence-corrected chi connectivity index (χ3v) is 5.57. The molecule has 1 atom stereocenters. The molecule has 4 rings (SSSR count). The number of nitrogens with zero attached hydrogens (tertiary/aromatic N) is 2. The van der Waals surface area contributed by atoms with Gasteiger partial charge in [-0.05, 0) is 54.8 Å². The highest BCUT2D eigenvalue weighted by Gasteiger charge is 2.27. The van der Waals surface area contributed by atoms with Crippen LogP contribution in [0.1, 0.15) is 40.9 Å². The van der Waals surface area contributed by atoms with E-state index in [2.05, 4.69) is 5.32 Å². The van der Waals surface area contributed by atoms with Crippen LogP contribution in [-0.4, -0.2) is 35.0 Å². The van der Waals surface area contributed by atoms with Crippen LogP contribution in [0.5, 0.6) is 0 Å². The van der Waals surface area contributed by atoms with Crippen LogP contribution in [0.4, 0.5) is 16.2 Å². The summed E-state index contributed by atoms with van der Waals surface area (Å²) in [7, 11) is 0. The fraction of sp³-hybridized carbons (Fsp3) is 0.231. The van der Waals surface area contributed by atoms with Crippen LogP contribution in [0.2, 0.25) is 0 Å². The Bertz CT molecular complexity index is 1100. The highest BCUT2D eigenvalue weighted by Crippen LogP contribution is 2.24. The number of amides is 3. The summed E-state index contributed by atoms with van der Waals surface area (Å²) in [6, 6.07) is 24.2. The van der Waals surface area contributed by atoms with Crippen molar-refractivity contribution in [2.24, 2.45) is 0 Å². The van der Waals surface area contributed by atoms with E-state index in [1.807, 2.05) is 47.4 Å². The van der Waals surface area contributed by atoms with E-state index in [0.29, 0.717) is 36.6 Å². The topological polar surface area (TPSA) is 72.9 Å². The van der Waals surface area contributed by atoms with E-state index in [0.717, 1.165) is 17.5 Å². The van der Waals surface area contributed by atoms with Gasteiger partial charge in [-0.15, -0.1) is 0 Å². The summed E-state index contributed by atoms with van der Waals surface area (Å²) < 4.78 is 0. The van der Waals surface area contributed by atoms with Crippen LogP contribution in [0.15, 0.2) is 78.9 Å². The SMILES string of the molecule is C[C@@H](O)c1cccc(NC(=O)c2cccc(N3CCCN(Cc4ccccc4)C3=O)c2)c1. The molecule has 2 N–H and O–H groups in total. The minimum atomic E-state index is -0.612. The normalized spacial score (nSPS) is 14.9. The molecule has 1 fully saturated rings. The van der Waals surface area contributed by atoms with Crippen LogP contribution in [0, 0.1) is 0 Å². The molecule has 0 aromatic heterocycles. The van der Waals surface area contributed by atoms with Gasteiger partial charge in [-0.3, -0.25) is 9.69 Å². The lowest BCUT2D eigenvalue weighted by Gasteiger charge is -2.35. The van der Waals surface area contributed by atoms with Gasteiger partial charge in [0.15, 0.2) is 0 Å². The monoisotopic (exact) mass is 429 g/mol. The molecule has 0 spiro atoms. The molecule has 6 heteroatoms. The standard InChI is InChI=1S/C26H27N3O3/c1-19(30)21-10-5-12-23(16-21)27-25(31)22-11-6-13-24(17-22)29-15-7-14-28(26(29)32)18-20-8-3-2-4-9-20/h2-6,8-13,16-17,19,30H,7,14-15,18H2,1H3,(H,27,31)/t19-/m1/s1. The molecule has 6 nitrogen and oxygen atoms in total. The van der Waals surface area contributed by atoms with Crippen molar-refractivity contribution in [3.8, 4) is 0 Å². The van der Waals surface area contributed by atoms with Crippen LogP contribution in [0.3, 0.4) is 0 Å². The maximum atomic E-state index is 13.1. The average Bonchev–Trinajstić information content (AvgIpc) is 2.81. The van der Waals surface area contributed by atoms with Crippen LogP contribution < -0.4 is 10.2 Å². The van der Waals surface area contributed by atoms with Crippen molar-refractivity contribution < 1.29 is 14.7 Å². The molecule has 1 aliphatic rings. The number of carbonyl (C=O) groups excluding carboxylic acids is 2. The van der Waals surface area contributed by atoms with E-state index in [1.54, 1.807) is 48.2 Å². The first-order valence-electron chi connectivity index (χ1n) is 10.8. The second-order valence-electron chi connectivity index (χ2n) is 8.00. The predicted molar refractivity (Wildman–Crippen MR) is 126 cm³/mol. The molecule has 0 unspecified atom stereocenters. The summed E-state index contributed by atoms with van der Waals surface area (Å²) in [5.74, 6) is -0.264. The zero-order valence-corrected chi connectivity index (χ0v) is 18.1. The van der Waals surface area contributed by atoms with Crippen molar-refractivity contribution in [3.05, 3.63) is 95.6 Å². The summed E-state index contributed by atoms with van der Waals surface area (Å²) in [5, 5.41) is 12.6. The van der Waals surface area contributed by atoms with Gasteiger partial charge in [0.2, 0.25) is 0 Å². The molecule has 0 aliphatic carbocycles. The first-order chi connectivity index (χ1) is 15.5. The fourth-order valence-corrected chi connectivity index (χ4v) is 3.87. The summed E-state index contributed by atoms with van der Waals surface area (Å²) in [6.07, 6.45) is 0.250. The van der Waals surface area contributed by atoms with Crippen LogP contribution in [0.25, 0.3) is 0 Å². The van der Waals surface area contributed by atoms with Crippen molar-refractivity contribution in [1.82, 2.24) is 4.90 Å². The van der Waals surface area contributed by atoms with Gasteiger partial charge in [-0.1, -0.05) is 48.5 Å². The van der Waals surface area contributed by atoms with Crippen molar-refractivity contribution in [2.75, 3.05) is 23.3 Å². The Kier molecular flexibility index (Phi) is 6.52. The number of carbonyl (C=O) groups is 2. The number of nitrogens with one attached hydrogen (secondary N) is 1. The average molecular weight is 430 g/mol. The van der Waals surface area contributed by atoms with E-state index in [4.69, 9.17) is 0 Å². The Labute approximate surface area is 188 Å². The van der Waals surface area contributed by atoms with Gasteiger partial charge in [0.1, 0.15) is 0 Å². The van der Waals surface area contributed by atoms with Crippen molar-refractivity contribution in [2.45, 2.75) is 26.0 Å². The maximum absolute atomic E-state index is 13.1. The lowest BCUT2D eigenvalue weighted by Crippen LogP contribution is -2.49. The fourth-order valence-electron chi connectivity index (χ4n) is 3.87. The number of benzene rings is 3. The molecule has 3 aromatic carbocycles. The Hall–Kier alpha value is -3.64. The van der Waals surface area contributed by atoms with Crippen molar-refractivity contribution in [1.29, 1.82) is 0 Å². The zero-order valence-electron chi connectivity index (χ0n) is 18.1. The number of aliphatic hydroxyl groups is 1. The molecular formula is C26H27N3O3. The van der Waals surface area contributed by atoms with Crippen molar-refractivity contribution in [3.63, 3.8) is 0 Å². The third kappa shape index (κ3) is 4.98. The molecule has 3 aromatic rings. The minimum absolute atomic E-state index is 0.0534. The predicted octanol–water partition coefficient (Wildman–Crippen LogP) is 4.82. The van der Waals surface area contributed by atoms with Gasteiger partial charge in [0, 0.05) is 36.6 Å². The van der Waals surface area contributed by atoms with Gasteiger partial charge in [0.25, 0.3) is 5.91 Å². The Balaban J connectivity index is 1.49. The molecule has 0 radical (unpaired) electrons. The number of hydrogen-bond donors (Lipinski definition) is 2. The number of aliphatic hydroxyl groups excluding tert-OH is 1. The molecule has 1 aliphatic heterocycles. The number of rotatable bonds is 6. The quantitative estimate of drug-likeness (QED) is 0.590. The second kappa shape index (κ2) is 9.66. The van der Waals surface area contributed by atoms with E-state index in [9.17, 15) is 14.7 Å². The smallest absolute Gasteiger partial charge is 0.324 e. The molecule has 32 heavy (non-hydrogen) atoms. The van der Waals surface area contributed by atoms with Gasteiger partial charge >= 0.3 is 6.03 Å².